The highest BCUT2D eigenvalue weighted by Gasteiger charge is 2.40. The average Bonchev–Trinajstić information content (AvgIpc) is 2.89. The van der Waals surface area contributed by atoms with Crippen LogP contribution in [0.3, 0.4) is 0 Å². The first kappa shape index (κ1) is 19.4. The van der Waals surface area contributed by atoms with Crippen molar-refractivity contribution in [2.24, 2.45) is 0 Å². The Bertz CT molecular complexity index is 744. The molecule has 0 spiro atoms. The molecule has 0 amide bonds. The number of methoxy groups -OCH3 is 2. The second-order valence-electron chi connectivity index (χ2n) is 7.16. The number of hydrogen-bond donors (Lipinski definition) is 1. The van der Waals surface area contributed by atoms with Crippen LogP contribution in [0.4, 0.5) is 0 Å². The van der Waals surface area contributed by atoms with Crippen molar-refractivity contribution in [2.45, 2.75) is 25.6 Å². The van der Waals surface area contributed by atoms with E-state index in [1.54, 1.807) is 14.2 Å². The smallest absolute Gasteiger partial charge is 0.161 e. The number of aliphatic hydroxyl groups excluding tert-OH is 1. The number of rotatable bonds is 5. The van der Waals surface area contributed by atoms with E-state index in [1.165, 1.54) is 5.56 Å². The number of aryl methyl sites for hydroxylation is 1. The van der Waals surface area contributed by atoms with E-state index < -0.39 is 15.9 Å². The van der Waals surface area contributed by atoms with Gasteiger partial charge in [0.05, 0.1) is 37.9 Å². The van der Waals surface area contributed by atoms with Crippen molar-refractivity contribution < 1.29 is 23.0 Å². The van der Waals surface area contributed by atoms with Crippen LogP contribution in [0, 0.1) is 6.92 Å². The van der Waals surface area contributed by atoms with Crippen molar-refractivity contribution in [3.05, 3.63) is 23.3 Å². The summed E-state index contributed by atoms with van der Waals surface area (Å²) in [6.45, 7) is 6.10. The summed E-state index contributed by atoms with van der Waals surface area (Å²) in [5.74, 6) is 1.42. The number of aliphatic hydroxyl groups is 1. The zero-order valence-electron chi connectivity index (χ0n) is 15.6. The summed E-state index contributed by atoms with van der Waals surface area (Å²) < 4.78 is 34.2. The summed E-state index contributed by atoms with van der Waals surface area (Å²) in [5.41, 5.74) is 2.35. The fraction of sp³-hybridized carbons (Fsp3) is 0.667. The molecule has 0 radical (unpaired) electrons. The number of nitrogens with zero attached hydrogens (tertiary/aromatic N) is 2. The number of piperazine rings is 1. The van der Waals surface area contributed by atoms with Gasteiger partial charge >= 0.3 is 0 Å². The molecular weight excluding hydrogens is 356 g/mol. The minimum Gasteiger partial charge on any atom is -0.493 e. The van der Waals surface area contributed by atoms with Gasteiger partial charge in [-0.1, -0.05) is 0 Å². The summed E-state index contributed by atoms with van der Waals surface area (Å²) >= 11 is 0. The topological polar surface area (TPSA) is 79.3 Å². The molecule has 2 aliphatic rings. The average molecular weight is 384 g/mol. The van der Waals surface area contributed by atoms with Crippen LogP contribution in [0.25, 0.3) is 0 Å². The molecule has 0 bridgehead atoms. The van der Waals surface area contributed by atoms with Gasteiger partial charge in [-0.15, -0.1) is 0 Å². The van der Waals surface area contributed by atoms with E-state index in [4.69, 9.17) is 9.47 Å². The highest BCUT2D eigenvalue weighted by Crippen LogP contribution is 2.31. The molecule has 1 aromatic carbocycles. The molecule has 0 aromatic heterocycles. The first-order valence-corrected chi connectivity index (χ1v) is 10.7. The Kier molecular flexibility index (Phi) is 5.76. The van der Waals surface area contributed by atoms with Gasteiger partial charge in [0.25, 0.3) is 0 Å². The Balaban J connectivity index is 1.61. The van der Waals surface area contributed by atoms with Gasteiger partial charge in [0.1, 0.15) is 0 Å². The van der Waals surface area contributed by atoms with Crippen molar-refractivity contribution in [2.75, 3.05) is 51.9 Å². The predicted molar refractivity (Wildman–Crippen MR) is 99.6 cm³/mol. The van der Waals surface area contributed by atoms with E-state index in [2.05, 4.69) is 16.7 Å². The third-order valence-electron chi connectivity index (χ3n) is 5.41. The van der Waals surface area contributed by atoms with Crippen LogP contribution in [0.1, 0.15) is 11.1 Å². The lowest BCUT2D eigenvalue weighted by atomic mass is 10.1. The van der Waals surface area contributed by atoms with Gasteiger partial charge in [-0.2, -0.15) is 0 Å². The summed E-state index contributed by atoms with van der Waals surface area (Å²) in [6, 6.07) is 3.75. The van der Waals surface area contributed by atoms with E-state index in [1.807, 2.05) is 12.1 Å². The van der Waals surface area contributed by atoms with Crippen molar-refractivity contribution >= 4 is 9.84 Å². The van der Waals surface area contributed by atoms with Gasteiger partial charge in [-0.25, -0.2) is 8.42 Å². The van der Waals surface area contributed by atoms with Crippen LogP contribution >= 0.6 is 0 Å². The molecule has 7 nitrogen and oxygen atoms in total. The lowest BCUT2D eigenvalue weighted by Crippen LogP contribution is -2.53. The number of benzene rings is 1. The number of hydrogen-bond acceptors (Lipinski definition) is 7. The van der Waals surface area contributed by atoms with Crippen molar-refractivity contribution in [3.63, 3.8) is 0 Å². The first-order chi connectivity index (χ1) is 12.3. The Morgan fingerprint density at radius 2 is 1.69 bits per heavy atom. The second-order valence-corrected chi connectivity index (χ2v) is 9.31. The fourth-order valence-electron chi connectivity index (χ4n) is 3.85. The normalized spacial score (nSPS) is 26.8. The lowest BCUT2D eigenvalue weighted by Gasteiger charge is -2.38. The van der Waals surface area contributed by atoms with Crippen LogP contribution in [0.15, 0.2) is 12.1 Å². The number of ether oxygens (including phenoxy) is 2. The zero-order valence-corrected chi connectivity index (χ0v) is 16.5. The predicted octanol–water partition coefficient (Wildman–Crippen LogP) is 0.288. The van der Waals surface area contributed by atoms with Crippen LogP contribution in [0.2, 0.25) is 0 Å². The summed E-state index contributed by atoms with van der Waals surface area (Å²) in [4.78, 5) is 4.47. The second kappa shape index (κ2) is 7.72. The van der Waals surface area contributed by atoms with Gasteiger partial charge in [-0.05, 0) is 30.2 Å². The van der Waals surface area contributed by atoms with Gasteiger partial charge in [0.2, 0.25) is 0 Å². The highest BCUT2D eigenvalue weighted by atomic mass is 32.2. The van der Waals surface area contributed by atoms with Gasteiger partial charge in [0.15, 0.2) is 21.3 Å². The van der Waals surface area contributed by atoms with Crippen LogP contribution in [-0.4, -0.2) is 87.4 Å². The molecule has 2 heterocycles. The van der Waals surface area contributed by atoms with E-state index in [-0.39, 0.29) is 17.5 Å². The van der Waals surface area contributed by atoms with E-state index >= 15 is 0 Å². The summed E-state index contributed by atoms with van der Waals surface area (Å²) in [6.07, 6.45) is -0.764. The van der Waals surface area contributed by atoms with Crippen LogP contribution in [0.5, 0.6) is 11.5 Å². The molecule has 0 saturated carbocycles. The van der Waals surface area contributed by atoms with Gasteiger partial charge < -0.3 is 14.6 Å². The molecular formula is C18H28N2O5S. The van der Waals surface area contributed by atoms with Gasteiger partial charge in [-0.3, -0.25) is 9.80 Å². The molecule has 146 valence electrons. The molecule has 1 N–H and O–H groups in total. The standard InChI is InChI=1S/C18H28N2O5S/c1-13-8-17(24-2)18(25-3)9-14(13)10-19-4-6-20(7-5-19)15-11-26(22,23)12-16(15)21/h8-9,15-16,21H,4-7,10-12H2,1-3H3/t15-,16+/m0/s1. The minimum atomic E-state index is -3.11. The molecule has 2 atom stereocenters. The number of sulfone groups is 1. The Morgan fingerprint density at radius 1 is 1.08 bits per heavy atom. The van der Waals surface area contributed by atoms with Crippen molar-refractivity contribution in [1.82, 2.24) is 9.80 Å². The summed E-state index contributed by atoms with van der Waals surface area (Å²) in [7, 11) is 0.161. The van der Waals surface area contributed by atoms with E-state index in [0.717, 1.165) is 49.8 Å². The maximum Gasteiger partial charge on any atom is 0.161 e. The van der Waals surface area contributed by atoms with Crippen molar-refractivity contribution in [3.8, 4) is 11.5 Å². The third kappa shape index (κ3) is 4.14. The molecule has 2 aliphatic heterocycles. The first-order valence-electron chi connectivity index (χ1n) is 8.89. The molecule has 1 aromatic rings. The SMILES string of the molecule is COc1cc(C)c(CN2CCN([C@H]3CS(=O)(=O)C[C@H]3O)CC2)cc1OC. The molecule has 0 unspecified atom stereocenters. The Hall–Kier alpha value is -1.35. The largest absolute Gasteiger partial charge is 0.493 e. The quantitative estimate of drug-likeness (QED) is 0.782. The maximum absolute atomic E-state index is 11.7. The lowest BCUT2D eigenvalue weighted by molar-refractivity contribution is 0.0423. The summed E-state index contributed by atoms with van der Waals surface area (Å²) in [5, 5.41) is 10.1. The van der Waals surface area contributed by atoms with E-state index in [0.29, 0.717) is 0 Å². The maximum atomic E-state index is 11.7. The van der Waals surface area contributed by atoms with Crippen LogP contribution in [-0.2, 0) is 16.4 Å². The Labute approximate surface area is 155 Å². The minimum absolute atomic E-state index is 0.0724. The van der Waals surface area contributed by atoms with E-state index in [9.17, 15) is 13.5 Å². The molecule has 2 saturated heterocycles. The monoisotopic (exact) mass is 384 g/mol. The molecule has 3 rings (SSSR count). The Morgan fingerprint density at radius 3 is 2.23 bits per heavy atom. The molecule has 2 fully saturated rings. The molecule has 0 aliphatic carbocycles. The van der Waals surface area contributed by atoms with Gasteiger partial charge in [0, 0.05) is 32.7 Å². The van der Waals surface area contributed by atoms with Crippen molar-refractivity contribution in [1.29, 1.82) is 0 Å². The third-order valence-corrected chi connectivity index (χ3v) is 7.10. The highest BCUT2D eigenvalue weighted by molar-refractivity contribution is 7.91. The molecule has 26 heavy (non-hydrogen) atoms. The fourth-order valence-corrected chi connectivity index (χ4v) is 5.68. The van der Waals surface area contributed by atoms with Crippen LogP contribution < -0.4 is 9.47 Å². The molecule has 8 heteroatoms. The zero-order chi connectivity index (χ0) is 18.9.